The topological polar surface area (TPSA) is 283 Å². The van der Waals surface area contributed by atoms with Gasteiger partial charge in [0.1, 0.15) is 60.4 Å². The number of fused-ring (bicyclic) bond motifs is 1. The van der Waals surface area contributed by atoms with Crippen LogP contribution in [0.4, 0.5) is 13.2 Å². The van der Waals surface area contributed by atoms with Gasteiger partial charge in [-0.25, -0.2) is 4.98 Å². The van der Waals surface area contributed by atoms with E-state index < -0.39 is 179 Å². The lowest BCUT2D eigenvalue weighted by molar-refractivity contribution is -0.160. The van der Waals surface area contributed by atoms with Gasteiger partial charge < -0.3 is 60.0 Å². The van der Waals surface area contributed by atoms with Crippen LogP contribution in [0.25, 0.3) is 0 Å². The van der Waals surface area contributed by atoms with Gasteiger partial charge in [-0.1, -0.05) is 116 Å². The van der Waals surface area contributed by atoms with E-state index >= 15 is 24.0 Å². The number of carbonyl (C=O) groups is 12. The first-order chi connectivity index (χ1) is 47.6. The number of aromatic nitrogens is 1. The van der Waals surface area contributed by atoms with E-state index in [1.54, 1.807) is 52.1 Å². The van der Waals surface area contributed by atoms with Crippen molar-refractivity contribution in [3.05, 3.63) is 86.3 Å². The number of alkyl halides is 3. The highest BCUT2D eigenvalue weighted by atomic mass is 35.5. The van der Waals surface area contributed by atoms with Gasteiger partial charge in [-0.05, 0) is 86.5 Å². The molecule has 5 rings (SSSR count). The summed E-state index contributed by atoms with van der Waals surface area (Å²) in [6.07, 6.45) is -5.25. The molecular formula is C72H105ClF3N13O12S. The van der Waals surface area contributed by atoms with E-state index in [1.807, 2.05) is 39.8 Å². The Bertz CT molecular complexity index is 3490. The molecule has 30 heteroatoms. The molecule has 102 heavy (non-hydrogen) atoms. The largest absolute Gasteiger partial charge is 0.417 e. The zero-order valence-corrected chi connectivity index (χ0v) is 63.9. The van der Waals surface area contributed by atoms with Crippen molar-refractivity contribution in [2.45, 2.75) is 194 Å². The minimum absolute atomic E-state index is 0.0690. The maximum atomic E-state index is 15.3. The van der Waals surface area contributed by atoms with Crippen LogP contribution in [-0.2, 0) is 83.0 Å². The van der Waals surface area contributed by atoms with E-state index in [4.69, 9.17) is 11.6 Å². The van der Waals surface area contributed by atoms with E-state index in [9.17, 15) is 46.7 Å². The Labute approximate surface area is 606 Å². The number of amides is 12. The van der Waals surface area contributed by atoms with Crippen molar-refractivity contribution in [2.24, 2.45) is 23.7 Å². The Balaban J connectivity index is 1.69. The molecule has 2 aromatic carbocycles. The SMILES string of the molecule is CC[C@H](C)[C@@H]1NC(=O)[C@H](CC(C)C)N(C)C(=O)C[C@@H](C(=O)N(C)C)N(C)C(=O)[C@H]([C@@H](C)CC)N(C)C(=O)[C@H](C(C)C)NC(=O)[C@H](Cc2cscn2)N(C)C(=O)[C@H](CCc2ccc(C(F)(F)F)c(Cl)c2)NC(=O)CN(C)C(=O)[C@H](Cc2ccc(C)cc2)N(C)C(=O)[C@@H]2CCN2C(=O)[C@H](C)N(C)C1=O. The van der Waals surface area contributed by atoms with Crippen molar-refractivity contribution in [3.63, 3.8) is 0 Å². The number of aryl methyl sites for hydroxylation is 2. The quantitative estimate of drug-likeness (QED) is 0.174. The molecule has 0 bridgehead atoms. The summed E-state index contributed by atoms with van der Waals surface area (Å²) in [5, 5.41) is 9.45. The lowest BCUT2D eigenvalue weighted by Crippen LogP contribution is -2.65. The van der Waals surface area contributed by atoms with Gasteiger partial charge >= 0.3 is 6.18 Å². The molecule has 25 nitrogen and oxygen atoms in total. The Morgan fingerprint density at radius 1 is 0.667 bits per heavy atom. The molecule has 564 valence electrons. The number of likely N-dealkylation sites (N-methyl/N-ethyl adjacent to an activating group) is 8. The third-order valence-corrected chi connectivity index (χ3v) is 20.9. The number of nitrogens with one attached hydrogen (secondary N) is 3. The number of hydrogen-bond donors (Lipinski definition) is 3. The summed E-state index contributed by atoms with van der Waals surface area (Å²) in [5.74, 6) is -10.9. The third-order valence-electron chi connectivity index (χ3n) is 20.0. The number of nitrogens with zero attached hydrogens (tertiary/aromatic N) is 10. The van der Waals surface area contributed by atoms with Gasteiger partial charge in [-0.3, -0.25) is 57.5 Å². The summed E-state index contributed by atoms with van der Waals surface area (Å²) in [7, 11) is 12.4. The van der Waals surface area contributed by atoms with Crippen LogP contribution in [0.15, 0.2) is 53.4 Å². The first kappa shape index (κ1) is 84.4. The molecule has 0 spiro atoms. The third kappa shape index (κ3) is 21.0. The van der Waals surface area contributed by atoms with Crippen LogP contribution in [0.1, 0.15) is 129 Å². The first-order valence-electron chi connectivity index (χ1n) is 34.6. The lowest BCUT2D eigenvalue weighted by atomic mass is 9.93. The number of benzene rings is 2. The smallest absolute Gasteiger partial charge is 0.347 e. The minimum atomic E-state index is -4.80. The molecule has 3 heterocycles. The molecule has 2 aliphatic rings. The van der Waals surface area contributed by atoms with Gasteiger partial charge in [0.15, 0.2) is 0 Å². The van der Waals surface area contributed by atoms with Crippen molar-refractivity contribution < 1.29 is 70.7 Å². The van der Waals surface area contributed by atoms with E-state index in [0.717, 1.165) is 32.4 Å². The normalized spacial score (nSPS) is 24.8. The fourth-order valence-corrected chi connectivity index (χ4v) is 13.5. The standard InChI is InChI=1S/C72H105ClF3N13O12S/c1-20-43(8)60-70(100)83(14)45(10)64(94)89-31-30-52(89)68(98)86(17)55(34-47-24-22-42(7)23-25-47)67(97)82(13)37-57(90)78-51(29-27-46-26-28-49(50(73)33-46)72(74,75)76)65(95)85(16)54(35-48-38-102-39-77-48)63(93)79-59(41(5)6)69(99)88(19)61(44(9)21-2)71(101)87(18)56(66(96)81(11)12)36-58(91)84(15)53(32-40(3)4)62(92)80-60/h22-26,28,33,38-41,43-45,51-56,59-61H,20-21,27,29-32,34-37H2,1-19H3,(H,78,90)(H,79,93)(H,80,92)/t43-,44-,45-,51-,52-,53-,54-,55-,56-,59-,60-,61-/m0/s1. The second kappa shape index (κ2) is 36.8. The van der Waals surface area contributed by atoms with Crippen LogP contribution in [0.5, 0.6) is 0 Å². The van der Waals surface area contributed by atoms with Crippen molar-refractivity contribution in [3.8, 4) is 0 Å². The fraction of sp³-hybridized carbons (Fsp3) is 0.625. The molecule has 0 radical (unpaired) electrons. The van der Waals surface area contributed by atoms with E-state index in [1.165, 1.54) is 123 Å². The Hall–Kier alpha value is -8.21. The van der Waals surface area contributed by atoms with Gasteiger partial charge in [0, 0.05) is 88.2 Å². The van der Waals surface area contributed by atoms with Gasteiger partial charge in [0.25, 0.3) is 0 Å². The Morgan fingerprint density at radius 2 is 1.25 bits per heavy atom. The predicted molar refractivity (Wildman–Crippen MR) is 381 cm³/mol. The molecule has 1 aromatic heterocycles. The monoisotopic (exact) mass is 1470 g/mol. The molecular weight excluding hydrogens is 1360 g/mol. The van der Waals surface area contributed by atoms with E-state index in [-0.39, 0.29) is 56.6 Å². The van der Waals surface area contributed by atoms with Gasteiger partial charge in [0.2, 0.25) is 70.9 Å². The molecule has 2 saturated heterocycles. The summed E-state index contributed by atoms with van der Waals surface area (Å²) in [4.78, 5) is 194. The fourth-order valence-electron chi connectivity index (χ4n) is 12.6. The highest BCUT2D eigenvalue weighted by Gasteiger charge is 2.47. The van der Waals surface area contributed by atoms with Crippen LogP contribution < -0.4 is 16.0 Å². The molecule has 0 unspecified atom stereocenters. The molecule has 3 N–H and O–H groups in total. The number of rotatable bonds is 15. The predicted octanol–water partition coefficient (Wildman–Crippen LogP) is 5.32. The average Bonchev–Trinajstić information content (AvgIpc) is 0.826. The Morgan fingerprint density at radius 3 is 1.77 bits per heavy atom. The van der Waals surface area contributed by atoms with Gasteiger partial charge in [-0.2, -0.15) is 13.2 Å². The number of thiazole rings is 1. The zero-order chi connectivity index (χ0) is 76.8. The van der Waals surface area contributed by atoms with Gasteiger partial charge in [-0.15, -0.1) is 11.3 Å². The number of halogens is 4. The van der Waals surface area contributed by atoms with Crippen LogP contribution in [0, 0.1) is 30.6 Å². The maximum absolute atomic E-state index is 15.3. The highest BCUT2D eigenvalue weighted by Crippen LogP contribution is 2.36. The molecule has 3 aromatic rings. The van der Waals surface area contributed by atoms with Crippen molar-refractivity contribution in [2.75, 3.05) is 76.5 Å². The van der Waals surface area contributed by atoms with Crippen molar-refractivity contribution in [1.82, 2.24) is 65.0 Å². The molecule has 0 saturated carbocycles. The van der Waals surface area contributed by atoms with Crippen LogP contribution in [0.2, 0.25) is 5.02 Å². The van der Waals surface area contributed by atoms with Crippen LogP contribution in [0.3, 0.4) is 0 Å². The first-order valence-corrected chi connectivity index (χ1v) is 36.0. The molecule has 0 aliphatic carbocycles. The summed E-state index contributed by atoms with van der Waals surface area (Å²) in [5.41, 5.74) is 2.52. The summed E-state index contributed by atoms with van der Waals surface area (Å²) in [6, 6.07) is -3.15. The van der Waals surface area contributed by atoms with E-state index in [0.29, 0.717) is 24.1 Å². The second-order valence-corrected chi connectivity index (χ2v) is 29.5. The van der Waals surface area contributed by atoms with Crippen molar-refractivity contribution >= 4 is 93.8 Å². The number of hydrogen-bond acceptors (Lipinski definition) is 14. The maximum Gasteiger partial charge on any atom is 0.417 e. The summed E-state index contributed by atoms with van der Waals surface area (Å²) in [6.45, 7) is 16.8. The highest BCUT2D eigenvalue weighted by molar-refractivity contribution is 7.07. The lowest BCUT2D eigenvalue weighted by Gasteiger charge is -2.45. The molecule has 12 amide bonds. The summed E-state index contributed by atoms with van der Waals surface area (Å²) < 4.78 is 41.8. The van der Waals surface area contributed by atoms with Crippen LogP contribution >= 0.6 is 22.9 Å². The van der Waals surface area contributed by atoms with Gasteiger partial charge in [0.05, 0.1) is 34.8 Å². The summed E-state index contributed by atoms with van der Waals surface area (Å²) >= 11 is 7.35. The van der Waals surface area contributed by atoms with Crippen LogP contribution in [-0.4, -0.2) is 257 Å². The Kier molecular flexibility index (Phi) is 30.5. The molecule has 2 fully saturated rings. The second-order valence-electron chi connectivity index (χ2n) is 28.4. The number of carbonyl (C=O) groups excluding carboxylic acids is 12. The minimum Gasteiger partial charge on any atom is -0.347 e. The van der Waals surface area contributed by atoms with E-state index in [2.05, 4.69) is 20.9 Å². The molecule has 2 aliphatic heterocycles. The zero-order valence-electron chi connectivity index (χ0n) is 62.3. The molecule has 12 atom stereocenters. The average molecular weight is 1470 g/mol. The van der Waals surface area contributed by atoms with Crippen molar-refractivity contribution in [1.29, 1.82) is 0 Å².